The Morgan fingerprint density at radius 1 is 0.893 bits per heavy atom. The van der Waals surface area contributed by atoms with Crippen LogP contribution in [0.25, 0.3) is 0 Å². The van der Waals surface area contributed by atoms with Crippen molar-refractivity contribution >= 4 is 6.03 Å². The molecule has 0 fully saturated rings. The number of aryl methyl sites for hydroxylation is 1. The number of hydrogen-bond acceptors (Lipinski definition) is 2. The molecular weight excluding hydrogens is 348 g/mol. The standard InChI is InChI=1S/C23H28N4O/c1-16(2)18-10-12-19(13-11-18)17(3)25-23(28)26-21(20-8-6-5-7-9-20)22-24-14-15-27(22)4/h5-17,21H,1-4H3,(H2,25,26,28)/t17-,21+/m1/s1. The lowest BCUT2D eigenvalue weighted by molar-refractivity contribution is 0.235. The van der Waals surface area contributed by atoms with Crippen LogP contribution in [-0.4, -0.2) is 15.6 Å². The highest BCUT2D eigenvalue weighted by Crippen LogP contribution is 2.21. The third kappa shape index (κ3) is 4.60. The number of amides is 2. The molecule has 146 valence electrons. The maximum atomic E-state index is 12.7. The number of nitrogens with one attached hydrogen (secondary N) is 2. The molecule has 5 heteroatoms. The quantitative estimate of drug-likeness (QED) is 0.655. The number of carbonyl (C=O) groups excluding carboxylic acids is 1. The second-order valence-electron chi connectivity index (χ2n) is 7.40. The van der Waals surface area contributed by atoms with E-state index in [0.717, 1.165) is 17.0 Å². The minimum absolute atomic E-state index is 0.0981. The molecule has 0 aliphatic heterocycles. The summed E-state index contributed by atoms with van der Waals surface area (Å²) in [5.74, 6) is 1.28. The average Bonchev–Trinajstić information content (AvgIpc) is 3.12. The van der Waals surface area contributed by atoms with Crippen LogP contribution >= 0.6 is 0 Å². The molecule has 0 radical (unpaired) electrons. The van der Waals surface area contributed by atoms with Crippen LogP contribution in [0.1, 0.15) is 61.3 Å². The second-order valence-corrected chi connectivity index (χ2v) is 7.40. The van der Waals surface area contributed by atoms with E-state index in [2.05, 4.69) is 53.7 Å². The molecule has 2 aromatic carbocycles. The van der Waals surface area contributed by atoms with Gasteiger partial charge in [0.2, 0.25) is 0 Å². The monoisotopic (exact) mass is 376 g/mol. The van der Waals surface area contributed by atoms with Crippen molar-refractivity contribution in [1.82, 2.24) is 20.2 Å². The smallest absolute Gasteiger partial charge is 0.316 e. The Morgan fingerprint density at radius 2 is 1.54 bits per heavy atom. The van der Waals surface area contributed by atoms with E-state index >= 15 is 0 Å². The van der Waals surface area contributed by atoms with Gasteiger partial charge in [-0.25, -0.2) is 9.78 Å². The van der Waals surface area contributed by atoms with Crippen LogP contribution < -0.4 is 10.6 Å². The zero-order valence-corrected chi connectivity index (χ0v) is 16.9. The van der Waals surface area contributed by atoms with Gasteiger partial charge in [0.15, 0.2) is 0 Å². The Kier molecular flexibility index (Phi) is 6.14. The molecule has 2 amide bonds. The van der Waals surface area contributed by atoms with Crippen LogP contribution in [0.15, 0.2) is 67.0 Å². The van der Waals surface area contributed by atoms with Crippen LogP contribution in [0.4, 0.5) is 4.79 Å². The molecule has 3 rings (SSSR count). The van der Waals surface area contributed by atoms with Gasteiger partial charge in [0.25, 0.3) is 0 Å². The molecule has 0 unspecified atom stereocenters. The number of aromatic nitrogens is 2. The third-order valence-corrected chi connectivity index (χ3v) is 4.98. The van der Waals surface area contributed by atoms with Gasteiger partial charge in [0, 0.05) is 19.4 Å². The van der Waals surface area contributed by atoms with Gasteiger partial charge in [-0.2, -0.15) is 0 Å². The van der Waals surface area contributed by atoms with Gasteiger partial charge in [-0.3, -0.25) is 0 Å². The summed E-state index contributed by atoms with van der Waals surface area (Å²) in [6.45, 7) is 6.33. The van der Waals surface area contributed by atoms with Gasteiger partial charge in [0.05, 0.1) is 6.04 Å². The number of nitrogens with zero attached hydrogens (tertiary/aromatic N) is 2. The lowest BCUT2D eigenvalue weighted by atomic mass is 10.00. The third-order valence-electron chi connectivity index (χ3n) is 4.98. The molecule has 0 aliphatic carbocycles. The fraction of sp³-hybridized carbons (Fsp3) is 0.304. The first-order valence-corrected chi connectivity index (χ1v) is 9.64. The molecule has 0 bridgehead atoms. The minimum atomic E-state index is -0.322. The van der Waals surface area contributed by atoms with E-state index < -0.39 is 0 Å². The topological polar surface area (TPSA) is 59.0 Å². The second kappa shape index (κ2) is 8.74. The Labute approximate surface area is 166 Å². The lowest BCUT2D eigenvalue weighted by Gasteiger charge is -2.22. The Bertz CT molecular complexity index is 900. The zero-order chi connectivity index (χ0) is 20.1. The largest absolute Gasteiger partial charge is 0.336 e. The predicted molar refractivity (Wildman–Crippen MR) is 112 cm³/mol. The van der Waals surface area contributed by atoms with Crippen molar-refractivity contribution in [3.63, 3.8) is 0 Å². The SMILES string of the molecule is CC(C)c1ccc([C@@H](C)NC(=O)N[C@@H](c2ccccc2)c2nccn2C)cc1. The van der Waals surface area contributed by atoms with E-state index in [1.54, 1.807) is 6.20 Å². The van der Waals surface area contributed by atoms with Crippen molar-refractivity contribution in [2.24, 2.45) is 7.05 Å². The van der Waals surface area contributed by atoms with Crippen molar-refractivity contribution in [1.29, 1.82) is 0 Å². The molecule has 1 heterocycles. The molecule has 1 aromatic heterocycles. The lowest BCUT2D eigenvalue weighted by Crippen LogP contribution is -2.40. The fourth-order valence-corrected chi connectivity index (χ4v) is 3.22. The molecular formula is C23H28N4O. The Balaban J connectivity index is 1.72. The van der Waals surface area contributed by atoms with Gasteiger partial charge < -0.3 is 15.2 Å². The van der Waals surface area contributed by atoms with Crippen molar-refractivity contribution < 1.29 is 4.79 Å². The zero-order valence-electron chi connectivity index (χ0n) is 16.9. The van der Waals surface area contributed by atoms with E-state index in [9.17, 15) is 4.79 Å². The van der Waals surface area contributed by atoms with Crippen LogP contribution in [0, 0.1) is 0 Å². The molecule has 3 aromatic rings. The number of benzene rings is 2. The van der Waals surface area contributed by atoms with Gasteiger partial charge >= 0.3 is 6.03 Å². The van der Waals surface area contributed by atoms with Crippen molar-refractivity contribution in [2.75, 3.05) is 0 Å². The molecule has 0 saturated carbocycles. The first kappa shape index (κ1) is 19.7. The van der Waals surface area contributed by atoms with Crippen molar-refractivity contribution in [3.8, 4) is 0 Å². The van der Waals surface area contributed by atoms with Crippen molar-refractivity contribution in [2.45, 2.75) is 38.8 Å². The van der Waals surface area contributed by atoms with E-state index in [4.69, 9.17) is 0 Å². The summed E-state index contributed by atoms with van der Waals surface area (Å²) in [6.07, 6.45) is 3.62. The van der Waals surface area contributed by atoms with E-state index in [1.165, 1.54) is 5.56 Å². The summed E-state index contributed by atoms with van der Waals surface area (Å²) >= 11 is 0. The first-order valence-electron chi connectivity index (χ1n) is 9.64. The normalized spacial score (nSPS) is 13.2. The van der Waals surface area contributed by atoms with Gasteiger partial charge in [0.1, 0.15) is 11.9 Å². The van der Waals surface area contributed by atoms with Crippen LogP contribution in [0.3, 0.4) is 0 Å². The molecule has 5 nitrogen and oxygen atoms in total. The van der Waals surface area contributed by atoms with E-state index in [1.807, 2.05) is 55.1 Å². The first-order chi connectivity index (χ1) is 13.5. The fourth-order valence-electron chi connectivity index (χ4n) is 3.22. The Hall–Kier alpha value is -3.08. The van der Waals surface area contributed by atoms with Gasteiger partial charge in [-0.15, -0.1) is 0 Å². The average molecular weight is 377 g/mol. The summed E-state index contributed by atoms with van der Waals surface area (Å²) in [5, 5.41) is 6.11. The van der Waals surface area contributed by atoms with E-state index in [-0.39, 0.29) is 18.1 Å². The summed E-state index contributed by atoms with van der Waals surface area (Å²) in [7, 11) is 1.93. The summed E-state index contributed by atoms with van der Waals surface area (Å²) in [6, 6.07) is 17.6. The predicted octanol–water partition coefficient (Wildman–Crippen LogP) is 4.69. The van der Waals surface area contributed by atoms with Gasteiger partial charge in [-0.05, 0) is 29.5 Å². The highest BCUT2D eigenvalue weighted by atomic mass is 16.2. The van der Waals surface area contributed by atoms with Crippen molar-refractivity contribution in [3.05, 3.63) is 89.5 Å². The number of hydrogen-bond donors (Lipinski definition) is 2. The van der Waals surface area contributed by atoms with E-state index in [0.29, 0.717) is 5.92 Å². The maximum absolute atomic E-state index is 12.7. The molecule has 28 heavy (non-hydrogen) atoms. The minimum Gasteiger partial charge on any atom is -0.336 e. The molecule has 0 aliphatic rings. The van der Waals surface area contributed by atoms with Crippen LogP contribution in [0.2, 0.25) is 0 Å². The molecule has 0 spiro atoms. The van der Waals surface area contributed by atoms with Gasteiger partial charge in [-0.1, -0.05) is 68.4 Å². The number of carbonyl (C=O) groups is 1. The number of imidazole rings is 1. The summed E-state index contributed by atoms with van der Waals surface area (Å²) in [5.41, 5.74) is 3.35. The highest BCUT2D eigenvalue weighted by molar-refractivity contribution is 5.75. The highest BCUT2D eigenvalue weighted by Gasteiger charge is 2.21. The summed E-state index contributed by atoms with van der Waals surface area (Å²) < 4.78 is 1.92. The molecule has 0 saturated heterocycles. The maximum Gasteiger partial charge on any atom is 0.316 e. The molecule has 2 atom stereocenters. The summed E-state index contributed by atoms with van der Waals surface area (Å²) in [4.78, 5) is 17.2. The Morgan fingerprint density at radius 3 is 2.11 bits per heavy atom. The van der Waals surface area contributed by atoms with Crippen LogP contribution in [0.5, 0.6) is 0 Å². The number of rotatable bonds is 6. The molecule has 2 N–H and O–H groups in total. The van der Waals surface area contributed by atoms with Crippen LogP contribution in [-0.2, 0) is 7.05 Å². The number of urea groups is 1.